The molecule has 8 nitrogen and oxygen atoms in total. The summed E-state index contributed by atoms with van der Waals surface area (Å²) >= 11 is 0. The van der Waals surface area contributed by atoms with Crippen molar-refractivity contribution in [3.63, 3.8) is 0 Å². The van der Waals surface area contributed by atoms with Gasteiger partial charge < -0.3 is 15.5 Å². The second kappa shape index (κ2) is 8.14. The molecule has 1 atom stereocenters. The van der Waals surface area contributed by atoms with E-state index in [9.17, 15) is 14.4 Å². The molecule has 0 aliphatic carbocycles. The number of anilines is 3. The second-order valence-corrected chi connectivity index (χ2v) is 7.85. The molecule has 3 N–H and O–H groups in total. The van der Waals surface area contributed by atoms with Crippen molar-refractivity contribution >= 4 is 34.8 Å². The number of aromatic amines is 1. The maximum Gasteiger partial charge on any atom is 0.258 e. The van der Waals surface area contributed by atoms with Gasteiger partial charge >= 0.3 is 0 Å². The van der Waals surface area contributed by atoms with Gasteiger partial charge in [0.05, 0.1) is 11.5 Å². The highest BCUT2D eigenvalue weighted by Gasteiger charge is 2.35. The van der Waals surface area contributed by atoms with Crippen LogP contribution in [0.15, 0.2) is 35.6 Å². The first-order chi connectivity index (χ1) is 14.4. The number of rotatable bonds is 4. The van der Waals surface area contributed by atoms with E-state index in [2.05, 4.69) is 27.2 Å². The highest BCUT2D eigenvalue weighted by molar-refractivity contribution is 6.04. The van der Waals surface area contributed by atoms with Crippen LogP contribution in [0.25, 0.3) is 5.57 Å². The first-order valence-electron chi connectivity index (χ1n) is 10.2. The van der Waals surface area contributed by atoms with Gasteiger partial charge in [-0.25, -0.2) is 0 Å². The average molecular weight is 407 g/mol. The van der Waals surface area contributed by atoms with Gasteiger partial charge in [0.1, 0.15) is 5.82 Å². The summed E-state index contributed by atoms with van der Waals surface area (Å²) in [6.45, 7) is 7.41. The summed E-state index contributed by atoms with van der Waals surface area (Å²) in [7, 11) is 0. The molecule has 2 aliphatic rings. The average Bonchev–Trinajstić information content (AvgIpc) is 2.73. The van der Waals surface area contributed by atoms with Gasteiger partial charge in [0, 0.05) is 25.2 Å². The summed E-state index contributed by atoms with van der Waals surface area (Å²) < 4.78 is 0. The molecule has 2 aromatic rings. The number of carbonyl (C=O) groups excluding carboxylic acids is 2. The van der Waals surface area contributed by atoms with Crippen LogP contribution in [0.5, 0.6) is 0 Å². The largest absolute Gasteiger partial charge is 0.342 e. The Hall–Kier alpha value is -3.42. The Morgan fingerprint density at radius 3 is 2.53 bits per heavy atom. The monoisotopic (exact) mass is 407 g/mol. The van der Waals surface area contributed by atoms with Gasteiger partial charge in [-0.15, -0.1) is 0 Å². The van der Waals surface area contributed by atoms with Gasteiger partial charge in [-0.3, -0.25) is 19.4 Å². The molecule has 0 radical (unpaired) electrons. The molecule has 1 aromatic carbocycles. The van der Waals surface area contributed by atoms with Crippen molar-refractivity contribution in [1.82, 2.24) is 9.97 Å². The topological polar surface area (TPSA) is 107 Å². The zero-order valence-electron chi connectivity index (χ0n) is 17.0. The van der Waals surface area contributed by atoms with E-state index in [4.69, 9.17) is 0 Å². The maximum absolute atomic E-state index is 12.9. The molecule has 2 amide bonds. The van der Waals surface area contributed by atoms with E-state index in [1.54, 1.807) is 12.1 Å². The number of carbonyl (C=O) groups is 2. The van der Waals surface area contributed by atoms with Crippen LogP contribution in [0.4, 0.5) is 17.5 Å². The SMILES string of the molecule is C=C(C)c1ccc(NC(=O)[C@H]2CC(=O)Nc3nc(N4CCCCC4)[nH]c(=O)c32)cc1. The molecule has 1 saturated heterocycles. The van der Waals surface area contributed by atoms with Gasteiger partial charge in [0.2, 0.25) is 17.8 Å². The Kier molecular flexibility index (Phi) is 5.39. The molecule has 4 rings (SSSR count). The molecule has 0 saturated carbocycles. The Labute approximate surface area is 174 Å². The van der Waals surface area contributed by atoms with Crippen LogP contribution in [0, 0.1) is 0 Å². The quantitative estimate of drug-likeness (QED) is 0.722. The third-order valence-electron chi connectivity index (χ3n) is 5.56. The highest BCUT2D eigenvalue weighted by Crippen LogP contribution is 2.30. The number of piperidine rings is 1. The zero-order chi connectivity index (χ0) is 21.3. The predicted molar refractivity (Wildman–Crippen MR) is 117 cm³/mol. The summed E-state index contributed by atoms with van der Waals surface area (Å²) in [5, 5.41) is 5.47. The summed E-state index contributed by atoms with van der Waals surface area (Å²) in [5.41, 5.74) is 2.30. The lowest BCUT2D eigenvalue weighted by molar-refractivity contribution is -0.123. The molecule has 0 spiro atoms. The van der Waals surface area contributed by atoms with Gasteiger partial charge in [-0.2, -0.15) is 4.98 Å². The molecule has 1 aromatic heterocycles. The third-order valence-corrected chi connectivity index (χ3v) is 5.56. The fourth-order valence-corrected chi connectivity index (χ4v) is 3.91. The lowest BCUT2D eigenvalue weighted by atomic mass is 9.92. The van der Waals surface area contributed by atoms with Crippen molar-refractivity contribution in [3.05, 3.63) is 52.3 Å². The van der Waals surface area contributed by atoms with Gasteiger partial charge in [0.25, 0.3) is 5.56 Å². The Morgan fingerprint density at radius 2 is 1.87 bits per heavy atom. The zero-order valence-corrected chi connectivity index (χ0v) is 17.0. The molecular formula is C22H25N5O3. The third kappa shape index (κ3) is 3.98. The van der Waals surface area contributed by atoms with E-state index < -0.39 is 17.4 Å². The Balaban J connectivity index is 1.60. The Bertz CT molecular complexity index is 1050. The summed E-state index contributed by atoms with van der Waals surface area (Å²) in [6, 6.07) is 7.26. The number of hydrogen-bond donors (Lipinski definition) is 3. The number of nitrogens with one attached hydrogen (secondary N) is 3. The molecule has 156 valence electrons. The predicted octanol–water partition coefficient (Wildman–Crippen LogP) is 2.86. The fourth-order valence-electron chi connectivity index (χ4n) is 3.91. The van der Waals surface area contributed by atoms with Crippen LogP contribution < -0.4 is 21.1 Å². The van der Waals surface area contributed by atoms with Crippen LogP contribution in [0.3, 0.4) is 0 Å². The number of benzene rings is 1. The number of fused-ring (bicyclic) bond motifs is 1. The number of hydrogen-bond acceptors (Lipinski definition) is 5. The molecule has 8 heteroatoms. The maximum atomic E-state index is 12.9. The highest BCUT2D eigenvalue weighted by atomic mass is 16.2. The van der Waals surface area contributed by atoms with Crippen LogP contribution in [0.1, 0.15) is 49.7 Å². The molecule has 2 aliphatic heterocycles. The van der Waals surface area contributed by atoms with Crippen molar-refractivity contribution in [2.75, 3.05) is 28.6 Å². The minimum absolute atomic E-state index is 0.101. The Morgan fingerprint density at radius 1 is 1.17 bits per heavy atom. The van der Waals surface area contributed by atoms with Crippen molar-refractivity contribution in [3.8, 4) is 0 Å². The van der Waals surface area contributed by atoms with Gasteiger partial charge in [0.15, 0.2) is 0 Å². The fraction of sp³-hybridized carbons (Fsp3) is 0.364. The van der Waals surface area contributed by atoms with E-state index in [1.165, 1.54) is 0 Å². The minimum Gasteiger partial charge on any atom is -0.342 e. The van der Waals surface area contributed by atoms with E-state index in [0.717, 1.165) is 43.5 Å². The van der Waals surface area contributed by atoms with Crippen molar-refractivity contribution < 1.29 is 9.59 Å². The van der Waals surface area contributed by atoms with Crippen molar-refractivity contribution in [1.29, 1.82) is 0 Å². The molecule has 0 bridgehead atoms. The lowest BCUT2D eigenvalue weighted by Gasteiger charge is -2.29. The van der Waals surface area contributed by atoms with Gasteiger partial charge in [-0.1, -0.05) is 24.3 Å². The summed E-state index contributed by atoms with van der Waals surface area (Å²) in [6.07, 6.45) is 3.11. The minimum atomic E-state index is -0.902. The number of amides is 2. The molecule has 1 fully saturated rings. The van der Waals surface area contributed by atoms with E-state index in [1.807, 2.05) is 24.0 Å². The molecule has 30 heavy (non-hydrogen) atoms. The van der Waals surface area contributed by atoms with E-state index in [-0.39, 0.29) is 23.7 Å². The molecule has 3 heterocycles. The number of nitrogens with zero attached hydrogens (tertiary/aromatic N) is 2. The number of aromatic nitrogens is 2. The van der Waals surface area contributed by atoms with Crippen LogP contribution in [-0.4, -0.2) is 34.9 Å². The van der Waals surface area contributed by atoms with Crippen LogP contribution >= 0.6 is 0 Å². The standard InChI is InChI=1S/C22H25N5O3/c1-13(2)14-6-8-15(9-7-14)23-20(29)16-12-17(28)24-19-18(16)21(30)26-22(25-19)27-10-4-3-5-11-27/h6-9,16H,1,3-5,10-12H2,2H3,(H,23,29)(H2,24,25,26,28,30)/t16-/m0/s1. The van der Waals surface area contributed by atoms with Crippen molar-refractivity contribution in [2.24, 2.45) is 0 Å². The summed E-state index contributed by atoms with van der Waals surface area (Å²) in [5.74, 6) is -1.03. The van der Waals surface area contributed by atoms with E-state index in [0.29, 0.717) is 11.6 Å². The smallest absolute Gasteiger partial charge is 0.258 e. The summed E-state index contributed by atoms with van der Waals surface area (Å²) in [4.78, 5) is 47.3. The number of H-pyrrole nitrogens is 1. The van der Waals surface area contributed by atoms with Gasteiger partial charge in [-0.05, 0) is 43.9 Å². The molecule has 0 unspecified atom stereocenters. The normalized spacial score (nSPS) is 18.4. The molecular weight excluding hydrogens is 382 g/mol. The number of allylic oxidation sites excluding steroid dienone is 1. The van der Waals surface area contributed by atoms with E-state index >= 15 is 0 Å². The van der Waals surface area contributed by atoms with Crippen LogP contribution in [-0.2, 0) is 9.59 Å². The first kappa shape index (κ1) is 19.9. The first-order valence-corrected chi connectivity index (χ1v) is 10.2. The second-order valence-electron chi connectivity index (χ2n) is 7.85. The van der Waals surface area contributed by atoms with Crippen molar-refractivity contribution in [2.45, 2.75) is 38.5 Å². The lowest BCUT2D eigenvalue weighted by Crippen LogP contribution is -2.38. The van der Waals surface area contributed by atoms with Crippen LogP contribution in [0.2, 0.25) is 0 Å².